The van der Waals surface area contributed by atoms with E-state index in [9.17, 15) is 0 Å². The van der Waals surface area contributed by atoms with Crippen LogP contribution in [0.1, 0.15) is 25.0 Å². The molecule has 0 radical (unpaired) electrons. The van der Waals surface area contributed by atoms with E-state index in [4.69, 9.17) is 28.8 Å². The number of ether oxygens (including phenoxy) is 2. The van der Waals surface area contributed by atoms with Crippen molar-refractivity contribution < 1.29 is 13.9 Å². The van der Waals surface area contributed by atoms with Crippen molar-refractivity contribution in [1.82, 2.24) is 15.0 Å². The number of benzene rings is 7. The zero-order valence-electron chi connectivity index (χ0n) is 29.5. The first-order valence-electron chi connectivity index (χ1n) is 18.1. The van der Waals surface area contributed by atoms with Crippen molar-refractivity contribution in [2.45, 2.75) is 19.3 Å². The standard InChI is InChI=1S/C48H31N3O3/c1-48(2)37-19-8-6-14-32(37)36-26-41-42(27-38(36)48)54-44-35(18-11-21-40(44)52-41)47-50-45(29-12-4-3-5-13-29)49-46(51-47)30-24-22-28(23-25-30)31-16-10-17-34-33-15-7-9-20-39(33)53-43(31)34/h3-27H,1-2H3. The van der Waals surface area contributed by atoms with E-state index in [1.165, 1.54) is 22.3 Å². The van der Waals surface area contributed by atoms with E-state index in [0.29, 0.717) is 40.5 Å². The molecule has 3 heterocycles. The first-order chi connectivity index (χ1) is 26.5. The molecule has 1 aliphatic carbocycles. The molecule has 9 aromatic rings. The summed E-state index contributed by atoms with van der Waals surface area (Å²) in [6.07, 6.45) is 0. The first kappa shape index (κ1) is 30.6. The molecule has 2 aromatic heterocycles. The Balaban J connectivity index is 1.01. The summed E-state index contributed by atoms with van der Waals surface area (Å²) in [5.41, 5.74) is 11.0. The van der Waals surface area contributed by atoms with Gasteiger partial charge < -0.3 is 13.9 Å². The number of para-hydroxylation sites is 3. The van der Waals surface area contributed by atoms with Gasteiger partial charge in [-0.05, 0) is 58.1 Å². The highest BCUT2D eigenvalue weighted by Crippen LogP contribution is 2.56. The molecule has 6 heteroatoms. The van der Waals surface area contributed by atoms with Crippen LogP contribution in [0, 0.1) is 0 Å². The highest BCUT2D eigenvalue weighted by molar-refractivity contribution is 6.09. The van der Waals surface area contributed by atoms with E-state index in [2.05, 4.69) is 98.8 Å². The number of rotatable bonds is 4. The third-order valence-corrected chi connectivity index (χ3v) is 10.8. The Bertz CT molecular complexity index is 2970. The average Bonchev–Trinajstić information content (AvgIpc) is 3.71. The maximum atomic E-state index is 6.76. The number of fused-ring (bicyclic) bond motifs is 8. The topological polar surface area (TPSA) is 70.3 Å². The van der Waals surface area contributed by atoms with Gasteiger partial charge in [-0.2, -0.15) is 0 Å². The Hall–Kier alpha value is -7.05. The smallest absolute Gasteiger partial charge is 0.181 e. The van der Waals surface area contributed by atoms with Crippen LogP contribution in [0.15, 0.2) is 156 Å². The molecule has 11 rings (SSSR count). The van der Waals surface area contributed by atoms with Crippen LogP contribution in [0.3, 0.4) is 0 Å². The lowest BCUT2D eigenvalue weighted by Gasteiger charge is -2.26. The van der Waals surface area contributed by atoms with Crippen molar-refractivity contribution in [2.24, 2.45) is 0 Å². The molecule has 6 nitrogen and oxygen atoms in total. The molecule has 1 aliphatic heterocycles. The lowest BCUT2D eigenvalue weighted by Crippen LogP contribution is -2.15. The fourth-order valence-electron chi connectivity index (χ4n) is 8.09. The van der Waals surface area contributed by atoms with Crippen LogP contribution in [0.25, 0.3) is 78.4 Å². The third-order valence-electron chi connectivity index (χ3n) is 10.8. The molecule has 0 saturated heterocycles. The molecule has 0 saturated carbocycles. The fourth-order valence-corrected chi connectivity index (χ4v) is 8.09. The summed E-state index contributed by atoms with van der Waals surface area (Å²) < 4.78 is 19.7. The molecular weight excluding hydrogens is 667 g/mol. The van der Waals surface area contributed by atoms with Gasteiger partial charge in [0.05, 0.1) is 5.56 Å². The second-order valence-corrected chi connectivity index (χ2v) is 14.4. The van der Waals surface area contributed by atoms with Crippen LogP contribution in [0.2, 0.25) is 0 Å². The summed E-state index contributed by atoms with van der Waals surface area (Å²) in [7, 11) is 0. The summed E-state index contributed by atoms with van der Waals surface area (Å²) in [6, 6.07) is 51.4. The molecule has 0 amide bonds. The zero-order valence-corrected chi connectivity index (χ0v) is 29.5. The summed E-state index contributed by atoms with van der Waals surface area (Å²) in [4.78, 5) is 15.1. The molecule has 0 atom stereocenters. The normalized spacial score (nSPS) is 13.4. The molecule has 0 bridgehead atoms. The minimum atomic E-state index is -0.175. The third kappa shape index (κ3) is 4.63. The minimum Gasteiger partial charge on any atom is -0.455 e. The highest BCUT2D eigenvalue weighted by atomic mass is 16.6. The molecule has 54 heavy (non-hydrogen) atoms. The molecule has 2 aliphatic rings. The van der Waals surface area contributed by atoms with E-state index in [-0.39, 0.29) is 5.41 Å². The Kier molecular flexibility index (Phi) is 6.49. The van der Waals surface area contributed by atoms with E-state index in [1.807, 2.05) is 66.7 Å². The van der Waals surface area contributed by atoms with Crippen LogP contribution in [-0.2, 0) is 5.41 Å². The summed E-state index contributed by atoms with van der Waals surface area (Å²) in [5, 5.41) is 2.21. The predicted octanol–water partition coefficient (Wildman–Crippen LogP) is 12.6. The fraction of sp³-hybridized carbons (Fsp3) is 0.0625. The second-order valence-electron chi connectivity index (χ2n) is 14.4. The van der Waals surface area contributed by atoms with Crippen molar-refractivity contribution in [1.29, 1.82) is 0 Å². The molecule has 0 fully saturated rings. The van der Waals surface area contributed by atoms with Gasteiger partial charge in [-0.1, -0.05) is 135 Å². The SMILES string of the molecule is CC1(C)c2ccccc2-c2cc3c(cc21)Oc1c(cccc1-c1nc(-c2ccccc2)nc(-c2ccc(-c4cccc5c4oc4ccccc45)cc2)n1)O3. The quantitative estimate of drug-likeness (QED) is 0.182. The van der Waals surface area contributed by atoms with Gasteiger partial charge in [0.1, 0.15) is 11.2 Å². The number of nitrogens with zero attached hydrogens (tertiary/aromatic N) is 3. The minimum absolute atomic E-state index is 0.175. The van der Waals surface area contributed by atoms with Crippen molar-refractivity contribution >= 4 is 21.9 Å². The summed E-state index contributed by atoms with van der Waals surface area (Å²) in [6.45, 7) is 4.52. The van der Waals surface area contributed by atoms with E-state index in [0.717, 1.165) is 49.8 Å². The van der Waals surface area contributed by atoms with Gasteiger partial charge >= 0.3 is 0 Å². The van der Waals surface area contributed by atoms with Crippen LogP contribution in [0.4, 0.5) is 0 Å². The lowest BCUT2D eigenvalue weighted by molar-refractivity contribution is 0.360. The van der Waals surface area contributed by atoms with E-state index < -0.39 is 0 Å². The summed E-state index contributed by atoms with van der Waals surface area (Å²) in [5.74, 6) is 4.15. The van der Waals surface area contributed by atoms with Gasteiger partial charge in [-0.25, -0.2) is 15.0 Å². The predicted molar refractivity (Wildman–Crippen MR) is 213 cm³/mol. The average molecular weight is 698 g/mol. The Morgan fingerprint density at radius 3 is 1.91 bits per heavy atom. The largest absolute Gasteiger partial charge is 0.455 e. The van der Waals surface area contributed by atoms with Gasteiger partial charge in [-0.15, -0.1) is 0 Å². The van der Waals surface area contributed by atoms with Gasteiger partial charge in [0.15, 0.2) is 40.5 Å². The molecule has 0 N–H and O–H groups in total. The second kappa shape index (κ2) is 11.5. The molecule has 0 spiro atoms. The van der Waals surface area contributed by atoms with Crippen molar-refractivity contribution in [2.75, 3.05) is 0 Å². The maximum absolute atomic E-state index is 6.76. The lowest BCUT2D eigenvalue weighted by atomic mass is 9.82. The highest BCUT2D eigenvalue weighted by Gasteiger charge is 2.37. The Morgan fingerprint density at radius 2 is 1.06 bits per heavy atom. The number of hydrogen-bond acceptors (Lipinski definition) is 6. The monoisotopic (exact) mass is 697 g/mol. The Morgan fingerprint density at radius 1 is 0.426 bits per heavy atom. The molecule has 0 unspecified atom stereocenters. The van der Waals surface area contributed by atoms with Gasteiger partial charge in [-0.3, -0.25) is 0 Å². The zero-order chi connectivity index (χ0) is 36.0. The summed E-state index contributed by atoms with van der Waals surface area (Å²) >= 11 is 0. The van der Waals surface area contributed by atoms with E-state index >= 15 is 0 Å². The molecule has 7 aromatic carbocycles. The number of furan rings is 1. The van der Waals surface area contributed by atoms with Gasteiger partial charge in [0.25, 0.3) is 0 Å². The van der Waals surface area contributed by atoms with Crippen molar-refractivity contribution in [3.8, 4) is 79.4 Å². The first-order valence-corrected chi connectivity index (χ1v) is 18.1. The molecular formula is C48H31N3O3. The van der Waals surface area contributed by atoms with Crippen LogP contribution in [0.5, 0.6) is 23.0 Å². The van der Waals surface area contributed by atoms with Gasteiger partial charge in [0, 0.05) is 32.9 Å². The van der Waals surface area contributed by atoms with Crippen LogP contribution < -0.4 is 9.47 Å². The van der Waals surface area contributed by atoms with Crippen molar-refractivity contribution in [3.05, 3.63) is 163 Å². The van der Waals surface area contributed by atoms with E-state index in [1.54, 1.807) is 0 Å². The number of hydrogen-bond donors (Lipinski definition) is 0. The maximum Gasteiger partial charge on any atom is 0.181 e. The van der Waals surface area contributed by atoms with Crippen LogP contribution >= 0.6 is 0 Å². The van der Waals surface area contributed by atoms with Gasteiger partial charge in [0.2, 0.25) is 0 Å². The van der Waals surface area contributed by atoms with Crippen LogP contribution in [-0.4, -0.2) is 15.0 Å². The van der Waals surface area contributed by atoms with Crippen molar-refractivity contribution in [3.63, 3.8) is 0 Å². The molecule has 256 valence electrons. The number of aromatic nitrogens is 3. The Labute approximate surface area is 311 Å².